The van der Waals surface area contributed by atoms with Crippen LogP contribution in [0.1, 0.15) is 43.5 Å². The summed E-state index contributed by atoms with van der Waals surface area (Å²) in [5.41, 5.74) is 0.403. The molecule has 104 valence electrons. The molecule has 0 spiro atoms. The van der Waals surface area contributed by atoms with Crippen molar-refractivity contribution in [2.24, 2.45) is 5.41 Å². The van der Waals surface area contributed by atoms with E-state index in [0.717, 1.165) is 31.5 Å². The Hall–Kier alpha value is -1.16. The van der Waals surface area contributed by atoms with E-state index < -0.39 is 5.82 Å². The molecule has 0 N–H and O–H groups in total. The van der Waals surface area contributed by atoms with Crippen LogP contribution in [0, 0.1) is 11.2 Å². The highest BCUT2D eigenvalue weighted by atomic mass is 35.5. The van der Waals surface area contributed by atoms with Gasteiger partial charge < -0.3 is 4.90 Å². The number of hydrogen-bond acceptors (Lipinski definition) is 2. The monoisotopic (exact) mass is 284 g/mol. The van der Waals surface area contributed by atoms with E-state index in [4.69, 9.17) is 11.6 Å². The molecule has 1 aromatic heterocycles. The molecular weight excluding hydrogens is 267 g/mol. The fraction of sp³-hybridized carbons (Fsp3) is 0.571. The lowest BCUT2D eigenvalue weighted by Gasteiger charge is -2.23. The first kappa shape index (κ1) is 14.3. The van der Waals surface area contributed by atoms with Gasteiger partial charge >= 0.3 is 0 Å². The van der Waals surface area contributed by atoms with Crippen molar-refractivity contribution in [2.45, 2.75) is 33.1 Å². The minimum Gasteiger partial charge on any atom is -0.339 e. The van der Waals surface area contributed by atoms with Gasteiger partial charge in [-0.15, -0.1) is 0 Å². The summed E-state index contributed by atoms with van der Waals surface area (Å²) in [5.74, 6) is -0.766. The van der Waals surface area contributed by atoms with Crippen molar-refractivity contribution in [1.29, 1.82) is 0 Å². The summed E-state index contributed by atoms with van der Waals surface area (Å²) in [6.45, 7) is 5.78. The van der Waals surface area contributed by atoms with Crippen LogP contribution in [0.15, 0.2) is 12.3 Å². The lowest BCUT2D eigenvalue weighted by atomic mass is 9.85. The largest absolute Gasteiger partial charge is 0.339 e. The number of carbonyl (C=O) groups is 1. The van der Waals surface area contributed by atoms with Crippen LogP contribution < -0.4 is 0 Å². The Balaban J connectivity index is 2.17. The first-order chi connectivity index (χ1) is 8.89. The van der Waals surface area contributed by atoms with Gasteiger partial charge in [-0.25, -0.2) is 9.37 Å². The van der Waals surface area contributed by atoms with Crippen LogP contribution in [0.25, 0.3) is 0 Å². The van der Waals surface area contributed by atoms with Crippen molar-refractivity contribution in [3.05, 3.63) is 28.8 Å². The van der Waals surface area contributed by atoms with E-state index in [0.29, 0.717) is 13.1 Å². The van der Waals surface area contributed by atoms with Gasteiger partial charge in [0.15, 0.2) is 0 Å². The van der Waals surface area contributed by atoms with Crippen molar-refractivity contribution in [3.63, 3.8) is 0 Å². The maximum atomic E-state index is 13.2. The quantitative estimate of drug-likeness (QED) is 0.739. The summed E-state index contributed by atoms with van der Waals surface area (Å²) in [4.78, 5) is 17.8. The Labute approximate surface area is 117 Å². The second-order valence-corrected chi connectivity index (χ2v) is 6.16. The molecule has 1 amide bonds. The van der Waals surface area contributed by atoms with Gasteiger partial charge in [-0.05, 0) is 30.7 Å². The highest BCUT2D eigenvalue weighted by Gasteiger charge is 2.27. The van der Waals surface area contributed by atoms with Crippen LogP contribution in [0.5, 0.6) is 0 Å². The predicted molar refractivity (Wildman–Crippen MR) is 72.7 cm³/mol. The third kappa shape index (κ3) is 3.44. The minimum atomic E-state index is -0.539. The molecule has 0 saturated carbocycles. The summed E-state index contributed by atoms with van der Waals surface area (Å²) < 4.78 is 13.2. The number of hydrogen-bond donors (Lipinski definition) is 0. The summed E-state index contributed by atoms with van der Waals surface area (Å²) in [5, 5.41) is 0.0647. The molecule has 0 atom stereocenters. The Morgan fingerprint density at radius 3 is 2.89 bits per heavy atom. The zero-order chi connectivity index (χ0) is 14.0. The maximum Gasteiger partial charge on any atom is 0.257 e. The number of pyridine rings is 1. The maximum absolute atomic E-state index is 13.2. The van der Waals surface area contributed by atoms with E-state index >= 15 is 0 Å². The van der Waals surface area contributed by atoms with Crippen LogP contribution in [0.3, 0.4) is 0 Å². The average Bonchev–Trinajstić information content (AvgIpc) is 2.52. The molecule has 3 nitrogen and oxygen atoms in total. The van der Waals surface area contributed by atoms with Crippen LogP contribution in [-0.4, -0.2) is 28.9 Å². The van der Waals surface area contributed by atoms with Crippen molar-refractivity contribution in [1.82, 2.24) is 9.88 Å². The van der Waals surface area contributed by atoms with E-state index in [9.17, 15) is 9.18 Å². The van der Waals surface area contributed by atoms with Gasteiger partial charge in [-0.3, -0.25) is 4.79 Å². The molecule has 1 aliphatic rings. The molecule has 1 aromatic rings. The molecule has 5 heteroatoms. The second kappa shape index (κ2) is 5.45. The number of halogens is 2. The third-order valence-corrected chi connectivity index (χ3v) is 3.96. The molecule has 0 unspecified atom stereocenters. The topological polar surface area (TPSA) is 33.2 Å². The first-order valence-electron chi connectivity index (χ1n) is 6.49. The number of likely N-dealkylation sites (tertiary alicyclic amines) is 1. The van der Waals surface area contributed by atoms with Gasteiger partial charge in [0, 0.05) is 13.1 Å². The molecule has 0 bridgehead atoms. The molecule has 2 rings (SSSR count). The Bertz CT molecular complexity index is 490. The number of rotatable bonds is 1. The molecule has 0 radical (unpaired) electrons. The Morgan fingerprint density at radius 1 is 1.42 bits per heavy atom. The van der Waals surface area contributed by atoms with Crippen LogP contribution in [0.4, 0.5) is 4.39 Å². The first-order valence-corrected chi connectivity index (χ1v) is 6.87. The van der Waals surface area contributed by atoms with Gasteiger partial charge in [0.05, 0.1) is 11.8 Å². The minimum absolute atomic E-state index is 0.0647. The van der Waals surface area contributed by atoms with E-state index in [2.05, 4.69) is 18.8 Å². The molecule has 19 heavy (non-hydrogen) atoms. The third-order valence-electron chi connectivity index (χ3n) is 3.66. The van der Waals surface area contributed by atoms with Crippen LogP contribution in [0.2, 0.25) is 5.15 Å². The van der Waals surface area contributed by atoms with Crippen molar-refractivity contribution >= 4 is 17.5 Å². The highest BCUT2D eigenvalue weighted by molar-refractivity contribution is 6.32. The highest BCUT2D eigenvalue weighted by Crippen LogP contribution is 2.30. The van der Waals surface area contributed by atoms with E-state index in [1.165, 1.54) is 0 Å². The van der Waals surface area contributed by atoms with E-state index in [1.807, 2.05) is 0 Å². The molecule has 0 aliphatic carbocycles. The average molecular weight is 285 g/mol. The summed E-state index contributed by atoms with van der Waals surface area (Å²) in [6.07, 6.45) is 4.01. The molecule has 1 fully saturated rings. The molecule has 0 aromatic carbocycles. The molecular formula is C14H18ClFN2O. The fourth-order valence-corrected chi connectivity index (χ4v) is 2.55. The van der Waals surface area contributed by atoms with E-state index in [-0.39, 0.29) is 22.0 Å². The lowest BCUT2D eigenvalue weighted by molar-refractivity contribution is 0.0756. The zero-order valence-corrected chi connectivity index (χ0v) is 12.0. The second-order valence-electron chi connectivity index (χ2n) is 5.80. The Morgan fingerprint density at radius 2 is 2.16 bits per heavy atom. The summed E-state index contributed by atoms with van der Waals surface area (Å²) in [6, 6.07) is 1.16. The normalized spacial score (nSPS) is 19.1. The predicted octanol–water partition coefficient (Wildman–Crippen LogP) is 3.53. The van der Waals surface area contributed by atoms with Gasteiger partial charge in [0.2, 0.25) is 0 Å². The van der Waals surface area contributed by atoms with Crippen molar-refractivity contribution in [3.8, 4) is 0 Å². The molecule has 1 saturated heterocycles. The van der Waals surface area contributed by atoms with Crippen LogP contribution >= 0.6 is 11.6 Å². The van der Waals surface area contributed by atoms with E-state index in [1.54, 1.807) is 4.90 Å². The van der Waals surface area contributed by atoms with Gasteiger partial charge in [0.25, 0.3) is 5.91 Å². The number of nitrogens with zero attached hydrogens (tertiary/aromatic N) is 2. The van der Waals surface area contributed by atoms with Gasteiger partial charge in [-0.2, -0.15) is 0 Å². The zero-order valence-electron chi connectivity index (χ0n) is 11.2. The van der Waals surface area contributed by atoms with Crippen molar-refractivity contribution < 1.29 is 9.18 Å². The summed E-state index contributed by atoms with van der Waals surface area (Å²) in [7, 11) is 0. The Kier molecular flexibility index (Phi) is 4.09. The summed E-state index contributed by atoms with van der Waals surface area (Å²) >= 11 is 5.88. The number of carbonyl (C=O) groups excluding carboxylic acids is 1. The van der Waals surface area contributed by atoms with Gasteiger partial charge in [-0.1, -0.05) is 25.4 Å². The van der Waals surface area contributed by atoms with Gasteiger partial charge in [0.1, 0.15) is 11.0 Å². The van der Waals surface area contributed by atoms with Crippen molar-refractivity contribution in [2.75, 3.05) is 13.1 Å². The van der Waals surface area contributed by atoms with Crippen LogP contribution in [-0.2, 0) is 0 Å². The standard InChI is InChI=1S/C14H18ClFN2O/c1-14(2)4-3-6-18(7-5-14)13(19)11-8-10(16)9-17-12(11)15/h8-9H,3-7H2,1-2H3. The molecule has 1 aliphatic heterocycles. The SMILES string of the molecule is CC1(C)CCCN(C(=O)c2cc(F)cnc2Cl)CC1. The fourth-order valence-electron chi connectivity index (χ4n) is 2.37. The lowest BCUT2D eigenvalue weighted by Crippen LogP contribution is -2.32. The number of aromatic nitrogens is 1. The molecule has 2 heterocycles. The number of amides is 1. The smallest absolute Gasteiger partial charge is 0.257 e.